The molecule has 0 N–H and O–H groups in total. The van der Waals surface area contributed by atoms with E-state index in [2.05, 4.69) is 4.99 Å². The van der Waals surface area contributed by atoms with Crippen LogP contribution < -0.4 is 9.54 Å². The first kappa shape index (κ1) is 20.2. The number of carbonyl (C=O) groups is 2. The maximum atomic E-state index is 12.6. The van der Waals surface area contributed by atoms with Crippen LogP contribution in [0, 0.1) is 10.1 Å². The number of nitrogens with zero attached hydrogens (tertiary/aromatic N) is 3. The van der Waals surface area contributed by atoms with Crippen molar-refractivity contribution in [1.29, 1.82) is 0 Å². The quantitative estimate of drug-likeness (QED) is 0.347. The van der Waals surface area contributed by atoms with Gasteiger partial charge in [0, 0.05) is 30.3 Å². The Bertz CT molecular complexity index is 1160. The molecule has 1 heterocycles. The van der Waals surface area contributed by atoms with Crippen LogP contribution in [0.25, 0.3) is 10.2 Å². The summed E-state index contributed by atoms with van der Waals surface area (Å²) in [6.45, 7) is 0.251. The number of methoxy groups -OCH3 is 2. The molecule has 0 atom stereocenters. The second-order valence-electron chi connectivity index (χ2n) is 5.92. The maximum absolute atomic E-state index is 12.6. The minimum Gasteiger partial charge on any atom is -0.497 e. The molecule has 10 heteroatoms. The standard InChI is InChI=1S/C19H17N3O6S/c1-27-14-6-7-16-15(11-14)21(9-8-17(23)28-2)19(29-16)20-18(24)12-4-3-5-13(10-12)22(25)26/h3-7,10-11H,8-9H2,1-2H3. The third-order valence-corrected chi connectivity index (χ3v) is 5.22. The Hall–Kier alpha value is -3.53. The van der Waals surface area contributed by atoms with Crippen molar-refractivity contribution in [1.82, 2.24) is 4.57 Å². The summed E-state index contributed by atoms with van der Waals surface area (Å²) in [5.74, 6) is -0.381. The van der Waals surface area contributed by atoms with E-state index in [1.54, 1.807) is 23.8 Å². The zero-order valence-electron chi connectivity index (χ0n) is 15.7. The molecule has 0 saturated carbocycles. The lowest BCUT2D eigenvalue weighted by atomic mass is 10.2. The van der Waals surface area contributed by atoms with Crippen LogP contribution in [0.15, 0.2) is 47.5 Å². The van der Waals surface area contributed by atoms with Crippen molar-refractivity contribution in [2.75, 3.05) is 14.2 Å². The molecule has 0 aliphatic carbocycles. The number of nitro benzene ring substituents is 1. The van der Waals surface area contributed by atoms with Crippen LogP contribution in [0.4, 0.5) is 5.69 Å². The Balaban J connectivity index is 2.09. The molecule has 150 valence electrons. The van der Waals surface area contributed by atoms with E-state index < -0.39 is 16.8 Å². The molecule has 9 nitrogen and oxygen atoms in total. The van der Waals surface area contributed by atoms with Crippen molar-refractivity contribution in [3.63, 3.8) is 0 Å². The molecule has 0 aliphatic heterocycles. The molecule has 2 aromatic carbocycles. The summed E-state index contributed by atoms with van der Waals surface area (Å²) in [5.41, 5.74) is 0.670. The fraction of sp³-hybridized carbons (Fsp3) is 0.211. The molecule has 3 rings (SSSR count). The summed E-state index contributed by atoms with van der Waals surface area (Å²) in [6, 6.07) is 10.8. The smallest absolute Gasteiger partial charge is 0.307 e. The van der Waals surface area contributed by atoms with Crippen LogP contribution in [-0.2, 0) is 16.1 Å². The summed E-state index contributed by atoms with van der Waals surface area (Å²) in [4.78, 5) is 39.1. The first-order valence-electron chi connectivity index (χ1n) is 8.50. The fourth-order valence-electron chi connectivity index (χ4n) is 2.69. The number of non-ortho nitro benzene ring substituents is 1. The molecule has 0 spiro atoms. The lowest BCUT2D eigenvalue weighted by Gasteiger charge is -2.06. The lowest BCUT2D eigenvalue weighted by molar-refractivity contribution is -0.384. The van der Waals surface area contributed by atoms with Crippen molar-refractivity contribution in [3.8, 4) is 5.75 Å². The van der Waals surface area contributed by atoms with E-state index >= 15 is 0 Å². The average Bonchev–Trinajstić information content (AvgIpc) is 3.07. The fourth-order valence-corrected chi connectivity index (χ4v) is 3.72. The molecular weight excluding hydrogens is 398 g/mol. The SMILES string of the molecule is COC(=O)CCn1c(=NC(=O)c2cccc([N+](=O)[O-])c2)sc2ccc(OC)cc21. The van der Waals surface area contributed by atoms with Gasteiger partial charge >= 0.3 is 5.97 Å². The second-order valence-corrected chi connectivity index (χ2v) is 6.93. The summed E-state index contributed by atoms with van der Waals surface area (Å²) >= 11 is 1.27. The third kappa shape index (κ3) is 4.49. The maximum Gasteiger partial charge on any atom is 0.307 e. The molecule has 0 aliphatic rings. The highest BCUT2D eigenvalue weighted by Gasteiger charge is 2.14. The number of benzene rings is 2. The summed E-state index contributed by atoms with van der Waals surface area (Å²) in [6.07, 6.45) is 0.0950. The first-order valence-corrected chi connectivity index (χ1v) is 9.32. The molecule has 0 bridgehead atoms. The van der Waals surface area contributed by atoms with Crippen LogP contribution in [-0.4, -0.2) is 35.6 Å². The number of aromatic nitrogens is 1. The average molecular weight is 415 g/mol. The van der Waals surface area contributed by atoms with Gasteiger partial charge in [-0.2, -0.15) is 4.99 Å². The number of carbonyl (C=O) groups excluding carboxylic acids is 2. The highest BCUT2D eigenvalue weighted by molar-refractivity contribution is 7.16. The van der Waals surface area contributed by atoms with E-state index in [9.17, 15) is 19.7 Å². The van der Waals surface area contributed by atoms with Gasteiger partial charge < -0.3 is 14.0 Å². The predicted molar refractivity (Wildman–Crippen MR) is 106 cm³/mol. The predicted octanol–water partition coefficient (Wildman–Crippen LogP) is 2.92. The van der Waals surface area contributed by atoms with Gasteiger partial charge in [0.2, 0.25) is 0 Å². The summed E-state index contributed by atoms with van der Waals surface area (Å²) in [7, 11) is 2.85. The van der Waals surface area contributed by atoms with E-state index in [0.717, 1.165) is 10.2 Å². The number of hydrogen-bond acceptors (Lipinski definition) is 7. The molecule has 0 unspecified atom stereocenters. The number of amides is 1. The van der Waals surface area contributed by atoms with Gasteiger partial charge in [0.05, 0.1) is 35.8 Å². The molecule has 0 saturated heterocycles. The van der Waals surface area contributed by atoms with Crippen LogP contribution >= 0.6 is 11.3 Å². The molecular formula is C19H17N3O6S. The van der Waals surface area contributed by atoms with Crippen LogP contribution in [0.5, 0.6) is 5.75 Å². The van der Waals surface area contributed by atoms with Crippen molar-refractivity contribution >= 4 is 39.1 Å². The number of ether oxygens (including phenoxy) is 2. The molecule has 1 amide bonds. The van der Waals surface area contributed by atoms with E-state index in [1.807, 2.05) is 6.07 Å². The highest BCUT2D eigenvalue weighted by atomic mass is 32.1. The van der Waals surface area contributed by atoms with Gasteiger partial charge in [-0.15, -0.1) is 0 Å². The van der Waals surface area contributed by atoms with Gasteiger partial charge in [-0.1, -0.05) is 17.4 Å². The van der Waals surface area contributed by atoms with Crippen LogP contribution in [0.1, 0.15) is 16.8 Å². The van der Waals surface area contributed by atoms with Gasteiger partial charge in [0.1, 0.15) is 5.75 Å². The summed E-state index contributed by atoms with van der Waals surface area (Å²) in [5, 5.41) is 10.9. The number of thiazole rings is 1. The minimum absolute atomic E-state index is 0.0950. The van der Waals surface area contributed by atoms with Gasteiger partial charge in [-0.3, -0.25) is 19.7 Å². The number of hydrogen-bond donors (Lipinski definition) is 0. The number of fused-ring (bicyclic) bond motifs is 1. The Morgan fingerprint density at radius 3 is 2.69 bits per heavy atom. The second kappa shape index (κ2) is 8.65. The highest BCUT2D eigenvalue weighted by Crippen LogP contribution is 2.23. The number of rotatable bonds is 6. The Morgan fingerprint density at radius 1 is 1.21 bits per heavy atom. The van der Waals surface area contributed by atoms with Crippen LogP contribution in [0.2, 0.25) is 0 Å². The normalized spacial score (nSPS) is 11.4. The number of aryl methyl sites for hydroxylation is 1. The molecule has 0 radical (unpaired) electrons. The summed E-state index contributed by atoms with van der Waals surface area (Å²) < 4.78 is 12.5. The Morgan fingerprint density at radius 2 is 2.00 bits per heavy atom. The molecule has 3 aromatic rings. The Labute approximate surface area is 169 Å². The van der Waals surface area contributed by atoms with Gasteiger partial charge in [0.15, 0.2) is 4.80 Å². The van der Waals surface area contributed by atoms with Crippen LogP contribution in [0.3, 0.4) is 0 Å². The van der Waals surface area contributed by atoms with Gasteiger partial charge in [-0.25, -0.2) is 0 Å². The van der Waals surface area contributed by atoms with E-state index in [-0.39, 0.29) is 24.2 Å². The van der Waals surface area contributed by atoms with E-state index in [1.165, 1.54) is 42.7 Å². The van der Waals surface area contributed by atoms with Gasteiger partial charge in [0.25, 0.3) is 11.6 Å². The zero-order valence-corrected chi connectivity index (χ0v) is 16.5. The van der Waals surface area contributed by atoms with Crippen molar-refractivity contribution in [3.05, 3.63) is 62.9 Å². The molecule has 29 heavy (non-hydrogen) atoms. The monoisotopic (exact) mass is 415 g/mol. The topological polar surface area (TPSA) is 113 Å². The van der Waals surface area contributed by atoms with E-state index in [4.69, 9.17) is 9.47 Å². The van der Waals surface area contributed by atoms with Crippen molar-refractivity contribution in [2.24, 2.45) is 4.99 Å². The number of esters is 1. The zero-order chi connectivity index (χ0) is 21.0. The van der Waals surface area contributed by atoms with E-state index in [0.29, 0.717) is 10.6 Å². The largest absolute Gasteiger partial charge is 0.497 e. The lowest BCUT2D eigenvalue weighted by Crippen LogP contribution is -2.19. The minimum atomic E-state index is -0.612. The number of nitro groups is 1. The molecule has 1 aromatic heterocycles. The van der Waals surface area contributed by atoms with Crippen molar-refractivity contribution < 1.29 is 24.0 Å². The third-order valence-electron chi connectivity index (χ3n) is 4.16. The van der Waals surface area contributed by atoms with Gasteiger partial charge in [-0.05, 0) is 18.2 Å². The molecule has 0 fully saturated rings. The Kier molecular flexibility index (Phi) is 6.03. The first-order chi connectivity index (χ1) is 13.9. The van der Waals surface area contributed by atoms with Crippen molar-refractivity contribution in [2.45, 2.75) is 13.0 Å².